The molecule has 0 fully saturated rings. The smallest absolute Gasteiger partial charge is 0.220 e. The summed E-state index contributed by atoms with van der Waals surface area (Å²) in [6, 6.07) is 13.2. The van der Waals surface area contributed by atoms with E-state index in [-0.39, 0.29) is 18.2 Å². The van der Waals surface area contributed by atoms with Crippen molar-refractivity contribution < 1.29 is 14.3 Å². The number of hydrogen-bond donors (Lipinski definition) is 4. The van der Waals surface area contributed by atoms with Crippen LogP contribution in [0.3, 0.4) is 0 Å². The number of carbonyl (C=O) groups is 2. The number of aromatic amines is 1. The molecule has 3 rings (SSSR count). The number of H-pyrrole nitrogens is 1. The molecular weight excluding hydrogens is 458 g/mol. The van der Waals surface area contributed by atoms with Crippen molar-refractivity contribution in [3.05, 3.63) is 42.1 Å². The van der Waals surface area contributed by atoms with Crippen LogP contribution in [0.2, 0.25) is 0 Å². The third-order valence-electron chi connectivity index (χ3n) is 5.91. The molecule has 0 aliphatic heterocycles. The van der Waals surface area contributed by atoms with Gasteiger partial charge in [0.2, 0.25) is 5.91 Å². The van der Waals surface area contributed by atoms with Crippen LogP contribution in [0.4, 0.5) is 0 Å². The zero-order valence-electron chi connectivity index (χ0n) is 20.5. The molecule has 10 nitrogen and oxygen atoms in total. The topological polar surface area (TPSA) is 159 Å². The van der Waals surface area contributed by atoms with Gasteiger partial charge in [-0.15, -0.1) is 5.10 Å². The normalized spacial score (nSPS) is 11.7. The molecule has 1 heterocycles. The average molecular weight is 492 g/mol. The van der Waals surface area contributed by atoms with Crippen LogP contribution in [-0.2, 0) is 9.59 Å². The van der Waals surface area contributed by atoms with Gasteiger partial charge in [-0.25, -0.2) is 5.10 Å². The zero-order valence-corrected chi connectivity index (χ0v) is 20.5. The van der Waals surface area contributed by atoms with E-state index < -0.39 is 6.04 Å². The molecule has 0 radical (unpaired) electrons. The van der Waals surface area contributed by atoms with Crippen LogP contribution in [0.1, 0.15) is 44.2 Å². The molecule has 0 bridgehead atoms. The molecule has 5 N–H and O–H groups in total. The van der Waals surface area contributed by atoms with Crippen molar-refractivity contribution in [2.45, 2.75) is 44.6 Å². The quantitative estimate of drug-likeness (QED) is 0.236. The van der Waals surface area contributed by atoms with Crippen LogP contribution < -0.4 is 21.1 Å². The van der Waals surface area contributed by atoms with E-state index >= 15 is 0 Å². The summed E-state index contributed by atoms with van der Waals surface area (Å²) in [5.74, 6) is 0.476. The van der Waals surface area contributed by atoms with Gasteiger partial charge in [0, 0.05) is 12.0 Å². The fourth-order valence-corrected chi connectivity index (χ4v) is 3.92. The van der Waals surface area contributed by atoms with Crippen molar-refractivity contribution in [3.63, 3.8) is 0 Å². The third-order valence-corrected chi connectivity index (χ3v) is 5.91. The summed E-state index contributed by atoms with van der Waals surface area (Å²) in [5, 5.41) is 27.4. The number of aromatic nitrogens is 3. The molecule has 0 aliphatic rings. The van der Waals surface area contributed by atoms with Gasteiger partial charge in [-0.2, -0.15) is 5.26 Å². The summed E-state index contributed by atoms with van der Waals surface area (Å²) in [5.41, 5.74) is 7.17. The summed E-state index contributed by atoms with van der Waals surface area (Å²) in [6.45, 7) is 1.29. The Labute approximate surface area is 210 Å². The Morgan fingerprint density at radius 3 is 2.72 bits per heavy atom. The Kier molecular flexibility index (Phi) is 10.4. The molecule has 1 atom stereocenters. The molecule has 0 unspecified atom stereocenters. The fourth-order valence-electron chi connectivity index (χ4n) is 3.92. The van der Waals surface area contributed by atoms with E-state index in [1.165, 1.54) is 0 Å². The van der Waals surface area contributed by atoms with Crippen LogP contribution in [0.25, 0.3) is 22.0 Å². The predicted octanol–water partition coefficient (Wildman–Crippen LogP) is 2.45. The molecule has 0 saturated carbocycles. The molecule has 0 aliphatic carbocycles. The first-order valence-electron chi connectivity index (χ1n) is 12.2. The fraction of sp³-hybridized carbons (Fsp3) is 0.423. The van der Waals surface area contributed by atoms with Crippen molar-refractivity contribution in [1.29, 1.82) is 5.26 Å². The van der Waals surface area contributed by atoms with E-state index in [0.717, 1.165) is 41.5 Å². The number of hydrogen-bond acceptors (Lipinski definition) is 8. The van der Waals surface area contributed by atoms with Crippen LogP contribution in [-0.4, -0.2) is 59.9 Å². The second-order valence-corrected chi connectivity index (χ2v) is 8.57. The second-order valence-electron chi connectivity index (χ2n) is 8.57. The summed E-state index contributed by atoms with van der Waals surface area (Å²) in [7, 11) is 1.89. The number of nitrogens with two attached hydrogens (primary N) is 1. The van der Waals surface area contributed by atoms with Gasteiger partial charge in [-0.3, -0.25) is 9.59 Å². The minimum Gasteiger partial charge on any atom is -0.494 e. The summed E-state index contributed by atoms with van der Waals surface area (Å²) in [4.78, 5) is 24.4. The molecule has 2 aromatic carbocycles. The number of ketones is 1. The van der Waals surface area contributed by atoms with Gasteiger partial charge in [0.1, 0.15) is 17.5 Å². The Balaban J connectivity index is 1.43. The number of Topliss-reactive ketones (excluding diaryl/α,β-unsaturated/α-hetero) is 1. The first-order chi connectivity index (χ1) is 17.5. The van der Waals surface area contributed by atoms with E-state index in [9.17, 15) is 9.59 Å². The van der Waals surface area contributed by atoms with Gasteiger partial charge in [-0.05, 0) is 74.7 Å². The Morgan fingerprint density at radius 1 is 1.14 bits per heavy atom. The zero-order chi connectivity index (χ0) is 25.8. The lowest BCUT2D eigenvalue weighted by Crippen LogP contribution is -2.43. The van der Waals surface area contributed by atoms with E-state index in [1.807, 2.05) is 43.4 Å². The number of rotatable bonds is 15. The van der Waals surface area contributed by atoms with Crippen molar-refractivity contribution in [2.24, 2.45) is 5.73 Å². The summed E-state index contributed by atoms with van der Waals surface area (Å²) >= 11 is 0. The number of nitrogens with one attached hydrogen (secondary N) is 3. The number of fused-ring (bicyclic) bond motifs is 1. The highest BCUT2D eigenvalue weighted by molar-refractivity contribution is 5.90. The number of benzene rings is 2. The lowest BCUT2D eigenvalue weighted by molar-refractivity contribution is -0.127. The number of nitriles is 1. The van der Waals surface area contributed by atoms with Gasteiger partial charge in [0.25, 0.3) is 0 Å². The monoisotopic (exact) mass is 491 g/mol. The third kappa shape index (κ3) is 7.60. The first-order valence-corrected chi connectivity index (χ1v) is 12.2. The maximum Gasteiger partial charge on any atom is 0.220 e. The number of amides is 1. The number of unbranched alkanes of at least 4 members (excludes halogenated alkanes) is 2. The van der Waals surface area contributed by atoms with E-state index in [2.05, 4.69) is 32.1 Å². The van der Waals surface area contributed by atoms with Crippen molar-refractivity contribution in [1.82, 2.24) is 26.0 Å². The van der Waals surface area contributed by atoms with Gasteiger partial charge in [-0.1, -0.05) is 23.4 Å². The van der Waals surface area contributed by atoms with Gasteiger partial charge < -0.3 is 21.1 Å². The highest BCUT2D eigenvalue weighted by Crippen LogP contribution is 2.27. The van der Waals surface area contributed by atoms with E-state index in [0.29, 0.717) is 43.7 Å². The van der Waals surface area contributed by atoms with Crippen LogP contribution in [0.5, 0.6) is 5.75 Å². The van der Waals surface area contributed by atoms with Gasteiger partial charge >= 0.3 is 0 Å². The molecule has 190 valence electrons. The van der Waals surface area contributed by atoms with Crippen molar-refractivity contribution >= 4 is 22.5 Å². The maximum absolute atomic E-state index is 12.3. The molecule has 0 spiro atoms. The predicted molar refractivity (Wildman–Crippen MR) is 137 cm³/mol. The first kappa shape index (κ1) is 26.8. The highest BCUT2D eigenvalue weighted by Gasteiger charge is 2.18. The Morgan fingerprint density at radius 2 is 1.94 bits per heavy atom. The van der Waals surface area contributed by atoms with E-state index in [1.54, 1.807) is 0 Å². The largest absolute Gasteiger partial charge is 0.494 e. The minimum atomic E-state index is -0.510. The highest BCUT2D eigenvalue weighted by atomic mass is 16.5. The Bertz CT molecular complexity index is 1200. The molecule has 1 amide bonds. The van der Waals surface area contributed by atoms with Crippen LogP contribution in [0.15, 0.2) is 36.4 Å². The molecule has 0 saturated heterocycles. The van der Waals surface area contributed by atoms with E-state index in [4.69, 9.17) is 15.7 Å². The van der Waals surface area contributed by atoms with Crippen LogP contribution in [0, 0.1) is 11.3 Å². The summed E-state index contributed by atoms with van der Waals surface area (Å²) in [6.07, 6.45) is 4.10. The molecule has 10 heteroatoms. The van der Waals surface area contributed by atoms with Gasteiger partial charge in [0.15, 0.2) is 11.5 Å². The van der Waals surface area contributed by atoms with Gasteiger partial charge in [0.05, 0.1) is 19.2 Å². The molecule has 3 aromatic rings. The standard InChI is InChI=1S/C26H33N7O3/c1-29-12-4-2-6-22(24(34)17-28)30-25(35)7-3-5-13-36-21-11-10-18-14-20(9-8-19(18)15-21)26-23(16-27)31-33-32-26/h8-11,14-15,22,29H,2-7,12-13,17,28H2,1H3,(H,30,35)(H,31,32,33)/t22-/m0/s1. The maximum atomic E-state index is 12.3. The molecule has 1 aromatic heterocycles. The number of carbonyl (C=O) groups excluding carboxylic acids is 2. The lowest BCUT2D eigenvalue weighted by atomic mass is 10.0. The number of ether oxygens (including phenoxy) is 1. The SMILES string of the molecule is CNCCCC[C@H](NC(=O)CCCCOc1ccc2cc(-c3nn[nH]c3C#N)ccc2c1)C(=O)CN. The average Bonchev–Trinajstić information content (AvgIpc) is 3.38. The minimum absolute atomic E-state index is 0.0704. The number of nitrogens with zero attached hydrogens (tertiary/aromatic N) is 3. The van der Waals surface area contributed by atoms with Crippen molar-refractivity contribution in [3.8, 4) is 23.1 Å². The Hall–Kier alpha value is -3.81. The second kappa shape index (κ2) is 13.9. The molecular formula is C26H33N7O3. The lowest BCUT2D eigenvalue weighted by Gasteiger charge is -2.17. The molecule has 36 heavy (non-hydrogen) atoms. The van der Waals surface area contributed by atoms with Crippen LogP contribution >= 0.6 is 0 Å². The van der Waals surface area contributed by atoms with Crippen molar-refractivity contribution in [2.75, 3.05) is 26.7 Å². The summed E-state index contributed by atoms with van der Waals surface area (Å²) < 4.78 is 5.87.